The fourth-order valence-corrected chi connectivity index (χ4v) is 5.05. The summed E-state index contributed by atoms with van der Waals surface area (Å²) in [5, 5.41) is 10.3. The van der Waals surface area contributed by atoms with Crippen LogP contribution in [0.2, 0.25) is 8.67 Å². The number of aliphatic hydroxyl groups is 1. The van der Waals surface area contributed by atoms with E-state index in [1.807, 2.05) is 0 Å². The van der Waals surface area contributed by atoms with Crippen LogP contribution in [0.5, 0.6) is 0 Å². The van der Waals surface area contributed by atoms with Crippen LogP contribution < -0.4 is 0 Å². The topological polar surface area (TPSA) is 57.6 Å². The van der Waals surface area contributed by atoms with Gasteiger partial charge in [-0.05, 0) is 31.2 Å². The van der Waals surface area contributed by atoms with Crippen molar-refractivity contribution in [3.05, 3.63) is 20.3 Å². The highest BCUT2D eigenvalue weighted by Gasteiger charge is 2.28. The van der Waals surface area contributed by atoms with E-state index in [9.17, 15) is 13.5 Å². The van der Waals surface area contributed by atoms with Crippen LogP contribution in [0.1, 0.15) is 30.9 Å². The van der Waals surface area contributed by atoms with Crippen molar-refractivity contribution in [2.75, 3.05) is 19.3 Å². The van der Waals surface area contributed by atoms with E-state index in [4.69, 9.17) is 23.2 Å². The summed E-state index contributed by atoms with van der Waals surface area (Å²) in [6.45, 7) is 1.03. The second-order valence-electron chi connectivity index (χ2n) is 5.16. The monoisotopic (exact) mass is 357 g/mol. The van der Waals surface area contributed by atoms with Gasteiger partial charge in [0.2, 0.25) is 10.0 Å². The SMILES string of the molecule is CS(=O)(=O)N1CCCC(CC(O)c2cc(Cl)sc2Cl)C1. The Hall–Kier alpha value is 0.150. The Bertz CT molecular complexity index is 573. The van der Waals surface area contributed by atoms with Crippen LogP contribution in [-0.4, -0.2) is 37.2 Å². The van der Waals surface area contributed by atoms with E-state index in [0.29, 0.717) is 33.7 Å². The van der Waals surface area contributed by atoms with Gasteiger partial charge in [-0.1, -0.05) is 23.2 Å². The van der Waals surface area contributed by atoms with Crippen molar-refractivity contribution in [1.29, 1.82) is 0 Å². The molecule has 4 nitrogen and oxygen atoms in total. The van der Waals surface area contributed by atoms with Crippen LogP contribution in [0.15, 0.2) is 6.07 Å². The maximum Gasteiger partial charge on any atom is 0.211 e. The number of nitrogens with zero attached hydrogens (tertiary/aromatic N) is 1. The molecule has 0 aliphatic carbocycles. The normalized spacial score (nSPS) is 22.9. The third-order valence-corrected chi connectivity index (χ3v) is 6.34. The predicted molar refractivity (Wildman–Crippen MR) is 83.1 cm³/mol. The van der Waals surface area contributed by atoms with Gasteiger partial charge in [0.15, 0.2) is 0 Å². The molecule has 0 spiro atoms. The zero-order valence-corrected chi connectivity index (χ0v) is 14.2. The van der Waals surface area contributed by atoms with Crippen molar-refractivity contribution in [3.8, 4) is 0 Å². The number of aliphatic hydroxyl groups excluding tert-OH is 1. The zero-order chi connectivity index (χ0) is 14.9. The van der Waals surface area contributed by atoms with Gasteiger partial charge in [-0.3, -0.25) is 0 Å². The van der Waals surface area contributed by atoms with Crippen LogP contribution in [0, 0.1) is 5.92 Å². The van der Waals surface area contributed by atoms with Crippen molar-refractivity contribution in [1.82, 2.24) is 4.31 Å². The maximum absolute atomic E-state index is 11.6. The number of hydrogen-bond donors (Lipinski definition) is 1. The number of rotatable bonds is 4. The third-order valence-electron chi connectivity index (χ3n) is 3.55. The van der Waals surface area contributed by atoms with E-state index in [1.54, 1.807) is 6.07 Å². The predicted octanol–water partition coefficient (Wildman–Crippen LogP) is 3.15. The summed E-state index contributed by atoms with van der Waals surface area (Å²) in [5.41, 5.74) is 0.637. The minimum atomic E-state index is -3.16. The first kappa shape index (κ1) is 16.5. The molecule has 0 saturated carbocycles. The van der Waals surface area contributed by atoms with Crippen molar-refractivity contribution in [2.45, 2.75) is 25.4 Å². The van der Waals surface area contributed by atoms with Gasteiger partial charge < -0.3 is 5.11 Å². The molecule has 2 heterocycles. The van der Waals surface area contributed by atoms with Gasteiger partial charge in [0, 0.05) is 18.7 Å². The summed E-state index contributed by atoms with van der Waals surface area (Å²) >= 11 is 13.1. The Balaban J connectivity index is 2.01. The Labute approximate surface area is 133 Å². The molecule has 114 valence electrons. The van der Waals surface area contributed by atoms with Gasteiger partial charge in [0.25, 0.3) is 0 Å². The first-order chi connectivity index (χ1) is 9.27. The molecule has 1 aromatic rings. The number of piperidine rings is 1. The number of sulfonamides is 1. The lowest BCUT2D eigenvalue weighted by atomic mass is 9.92. The van der Waals surface area contributed by atoms with Gasteiger partial charge in [0.05, 0.1) is 16.7 Å². The highest BCUT2D eigenvalue weighted by atomic mass is 35.5. The molecule has 1 N–H and O–H groups in total. The van der Waals surface area contributed by atoms with Crippen molar-refractivity contribution in [3.63, 3.8) is 0 Å². The molecule has 1 aromatic heterocycles. The summed E-state index contributed by atoms with van der Waals surface area (Å²) in [4.78, 5) is 0. The van der Waals surface area contributed by atoms with E-state index in [2.05, 4.69) is 0 Å². The molecule has 8 heteroatoms. The van der Waals surface area contributed by atoms with Gasteiger partial charge in [-0.15, -0.1) is 11.3 Å². The maximum atomic E-state index is 11.6. The van der Waals surface area contributed by atoms with Crippen LogP contribution in [0.25, 0.3) is 0 Å². The Kier molecular flexibility index (Phi) is 5.37. The van der Waals surface area contributed by atoms with Crippen molar-refractivity contribution in [2.24, 2.45) is 5.92 Å². The van der Waals surface area contributed by atoms with Crippen molar-refractivity contribution >= 4 is 44.6 Å². The Morgan fingerprint density at radius 1 is 1.55 bits per heavy atom. The van der Waals surface area contributed by atoms with E-state index in [-0.39, 0.29) is 5.92 Å². The fraction of sp³-hybridized carbons (Fsp3) is 0.667. The smallest absolute Gasteiger partial charge is 0.211 e. The van der Waals surface area contributed by atoms with E-state index in [0.717, 1.165) is 12.8 Å². The lowest BCUT2D eigenvalue weighted by molar-refractivity contribution is 0.123. The largest absolute Gasteiger partial charge is 0.388 e. The molecule has 20 heavy (non-hydrogen) atoms. The van der Waals surface area contributed by atoms with Crippen LogP contribution in [-0.2, 0) is 10.0 Å². The molecular formula is C12H17Cl2NO3S2. The molecule has 1 aliphatic rings. The van der Waals surface area contributed by atoms with E-state index < -0.39 is 16.1 Å². The molecule has 2 atom stereocenters. The molecule has 0 aromatic carbocycles. The molecular weight excluding hydrogens is 341 g/mol. The second kappa shape index (κ2) is 6.50. The summed E-state index contributed by atoms with van der Waals surface area (Å²) in [7, 11) is -3.16. The first-order valence-electron chi connectivity index (χ1n) is 6.35. The number of thiophene rings is 1. The summed E-state index contributed by atoms with van der Waals surface area (Å²) in [6, 6.07) is 1.68. The third kappa shape index (κ3) is 4.08. The lowest BCUT2D eigenvalue weighted by Crippen LogP contribution is -2.39. The molecule has 1 aliphatic heterocycles. The molecule has 1 fully saturated rings. The average Bonchev–Trinajstić information content (AvgIpc) is 2.68. The molecule has 0 amide bonds. The first-order valence-corrected chi connectivity index (χ1v) is 9.77. The standard InChI is InChI=1S/C12H17Cl2NO3S2/c1-20(17,18)15-4-2-3-8(7-15)5-10(16)9-6-11(13)19-12(9)14/h6,8,10,16H,2-5,7H2,1H3. The minimum absolute atomic E-state index is 0.142. The van der Waals surface area contributed by atoms with Crippen LogP contribution in [0.3, 0.4) is 0 Å². The van der Waals surface area contributed by atoms with Crippen LogP contribution >= 0.6 is 34.5 Å². The molecule has 0 radical (unpaired) electrons. The van der Waals surface area contributed by atoms with Gasteiger partial charge >= 0.3 is 0 Å². The highest BCUT2D eigenvalue weighted by molar-refractivity contribution is 7.88. The van der Waals surface area contributed by atoms with Gasteiger partial charge in [0.1, 0.15) is 4.34 Å². The molecule has 2 unspecified atom stereocenters. The average molecular weight is 358 g/mol. The fourth-order valence-electron chi connectivity index (χ4n) is 2.54. The molecule has 0 bridgehead atoms. The molecule has 2 rings (SSSR count). The summed E-state index contributed by atoms with van der Waals surface area (Å²) in [6.07, 6.45) is 2.76. The second-order valence-corrected chi connectivity index (χ2v) is 9.43. The summed E-state index contributed by atoms with van der Waals surface area (Å²) in [5.74, 6) is 0.142. The van der Waals surface area contributed by atoms with Gasteiger partial charge in [-0.25, -0.2) is 12.7 Å². The van der Waals surface area contributed by atoms with Crippen LogP contribution in [0.4, 0.5) is 0 Å². The zero-order valence-electron chi connectivity index (χ0n) is 11.1. The number of halogens is 2. The summed E-state index contributed by atoms with van der Waals surface area (Å²) < 4.78 is 25.7. The minimum Gasteiger partial charge on any atom is -0.388 e. The van der Waals surface area contributed by atoms with Gasteiger partial charge in [-0.2, -0.15) is 0 Å². The number of hydrogen-bond acceptors (Lipinski definition) is 4. The van der Waals surface area contributed by atoms with E-state index >= 15 is 0 Å². The Morgan fingerprint density at radius 3 is 2.80 bits per heavy atom. The Morgan fingerprint density at radius 2 is 2.25 bits per heavy atom. The lowest BCUT2D eigenvalue weighted by Gasteiger charge is -2.31. The highest BCUT2D eigenvalue weighted by Crippen LogP contribution is 2.38. The van der Waals surface area contributed by atoms with Crippen molar-refractivity contribution < 1.29 is 13.5 Å². The van der Waals surface area contributed by atoms with E-state index in [1.165, 1.54) is 21.9 Å². The molecule has 1 saturated heterocycles. The quantitative estimate of drug-likeness (QED) is 0.900.